The van der Waals surface area contributed by atoms with Crippen LogP contribution in [-0.2, 0) is 14.3 Å². The van der Waals surface area contributed by atoms with Gasteiger partial charge in [-0.1, -0.05) is 6.42 Å². The second kappa shape index (κ2) is 6.50. The van der Waals surface area contributed by atoms with Gasteiger partial charge in [0.2, 0.25) is 0 Å². The molecule has 0 aromatic heterocycles. The molecule has 108 valence electrons. The van der Waals surface area contributed by atoms with Crippen molar-refractivity contribution >= 4 is 23.8 Å². The van der Waals surface area contributed by atoms with Crippen LogP contribution in [0.5, 0.6) is 0 Å². The zero-order valence-corrected chi connectivity index (χ0v) is 12.2. The number of rotatable bonds is 6. The van der Waals surface area contributed by atoms with E-state index >= 15 is 0 Å². The van der Waals surface area contributed by atoms with Gasteiger partial charge in [-0.15, -0.1) is 0 Å². The van der Waals surface area contributed by atoms with Gasteiger partial charge in [-0.2, -0.15) is 11.8 Å². The van der Waals surface area contributed by atoms with Crippen molar-refractivity contribution in [1.82, 2.24) is 5.32 Å². The molecule has 5 nitrogen and oxygen atoms in total. The molecule has 0 radical (unpaired) electrons. The molecule has 2 heterocycles. The lowest BCUT2D eigenvalue weighted by molar-refractivity contribution is -0.147. The fourth-order valence-electron chi connectivity index (χ4n) is 2.45. The van der Waals surface area contributed by atoms with E-state index in [1.807, 2.05) is 25.6 Å². The second-order valence-electron chi connectivity index (χ2n) is 5.28. The Morgan fingerprint density at radius 2 is 2.32 bits per heavy atom. The zero-order valence-electron chi connectivity index (χ0n) is 11.4. The topological polar surface area (TPSA) is 64.6 Å². The van der Waals surface area contributed by atoms with Crippen molar-refractivity contribution in [2.45, 2.75) is 63.0 Å². The van der Waals surface area contributed by atoms with Gasteiger partial charge in [-0.25, -0.2) is 4.79 Å². The van der Waals surface area contributed by atoms with Gasteiger partial charge in [0.1, 0.15) is 6.10 Å². The van der Waals surface area contributed by atoms with Gasteiger partial charge in [0.15, 0.2) is 0 Å². The van der Waals surface area contributed by atoms with Crippen LogP contribution < -0.4 is 5.32 Å². The molecule has 0 aromatic rings. The highest BCUT2D eigenvalue weighted by Crippen LogP contribution is 2.35. The Morgan fingerprint density at radius 1 is 1.53 bits per heavy atom. The van der Waals surface area contributed by atoms with Gasteiger partial charge in [0.25, 0.3) is 0 Å². The molecule has 2 aliphatic heterocycles. The van der Waals surface area contributed by atoms with E-state index in [1.165, 1.54) is 0 Å². The fourth-order valence-corrected chi connectivity index (χ4v) is 3.95. The fraction of sp³-hybridized carbons (Fsp3) is 0.846. The predicted octanol–water partition coefficient (Wildman–Crippen LogP) is 2.09. The number of ether oxygens (including phenoxy) is 2. The molecule has 6 heteroatoms. The van der Waals surface area contributed by atoms with Crippen LogP contribution in [-0.4, -0.2) is 41.3 Å². The Balaban J connectivity index is 1.61. The standard InChI is InChI=1S/C13H21NO4S/c1-8(2)17-11(15)6-4-3-5-10-12-9(7-19-10)14-13(16)18-12/h8-10,12H,3-7H2,1-2H3,(H,14,16). The number of amides is 1. The van der Waals surface area contributed by atoms with E-state index in [4.69, 9.17) is 9.47 Å². The maximum absolute atomic E-state index is 11.4. The molecule has 1 N–H and O–H groups in total. The molecule has 0 saturated carbocycles. The predicted molar refractivity (Wildman–Crippen MR) is 73.1 cm³/mol. The lowest BCUT2D eigenvalue weighted by Gasteiger charge is -2.15. The summed E-state index contributed by atoms with van der Waals surface area (Å²) < 4.78 is 10.3. The molecule has 2 rings (SSSR count). The van der Waals surface area contributed by atoms with Crippen LogP contribution in [0.3, 0.4) is 0 Å². The summed E-state index contributed by atoms with van der Waals surface area (Å²) in [5.74, 6) is 0.803. The van der Waals surface area contributed by atoms with Crippen LogP contribution in [0.25, 0.3) is 0 Å². The van der Waals surface area contributed by atoms with E-state index in [-0.39, 0.29) is 30.3 Å². The number of hydrogen-bond acceptors (Lipinski definition) is 5. The third-order valence-corrected chi connectivity index (χ3v) is 4.77. The number of alkyl carbamates (subject to hydrolysis) is 1. The SMILES string of the molecule is CC(C)OC(=O)CCCCC1SCC2NC(=O)OC21. The highest BCUT2D eigenvalue weighted by Gasteiger charge is 2.44. The first-order valence-electron chi connectivity index (χ1n) is 6.84. The van der Waals surface area contributed by atoms with Crippen LogP contribution in [0, 0.1) is 0 Å². The number of esters is 1. The summed E-state index contributed by atoms with van der Waals surface area (Å²) in [6, 6.07) is 0.174. The normalized spacial score (nSPS) is 29.0. The number of hydrogen-bond donors (Lipinski definition) is 1. The zero-order chi connectivity index (χ0) is 13.8. The first-order chi connectivity index (χ1) is 9.06. The molecule has 0 aliphatic carbocycles. The molecule has 3 unspecified atom stereocenters. The largest absolute Gasteiger partial charge is 0.463 e. The lowest BCUT2D eigenvalue weighted by atomic mass is 10.0. The van der Waals surface area contributed by atoms with Gasteiger partial charge >= 0.3 is 12.1 Å². The van der Waals surface area contributed by atoms with E-state index in [0.29, 0.717) is 11.7 Å². The molecule has 3 atom stereocenters. The van der Waals surface area contributed by atoms with Crippen molar-refractivity contribution in [1.29, 1.82) is 0 Å². The number of carbonyl (C=O) groups excluding carboxylic acids is 2. The Bertz CT molecular complexity index is 348. The summed E-state index contributed by atoms with van der Waals surface area (Å²) >= 11 is 1.85. The van der Waals surface area contributed by atoms with E-state index in [1.54, 1.807) is 0 Å². The van der Waals surface area contributed by atoms with Gasteiger partial charge in [-0.3, -0.25) is 4.79 Å². The van der Waals surface area contributed by atoms with E-state index in [2.05, 4.69) is 5.32 Å². The molecule has 19 heavy (non-hydrogen) atoms. The minimum absolute atomic E-state index is 0.0140. The summed E-state index contributed by atoms with van der Waals surface area (Å²) in [6.07, 6.45) is 2.94. The number of carbonyl (C=O) groups is 2. The van der Waals surface area contributed by atoms with Gasteiger partial charge < -0.3 is 14.8 Å². The molecular weight excluding hydrogens is 266 g/mol. The van der Waals surface area contributed by atoms with Crippen LogP contribution in [0.2, 0.25) is 0 Å². The maximum atomic E-state index is 11.4. The Hall–Kier alpha value is -0.910. The van der Waals surface area contributed by atoms with Crippen LogP contribution in [0.15, 0.2) is 0 Å². The van der Waals surface area contributed by atoms with Crippen LogP contribution in [0.1, 0.15) is 39.5 Å². The third kappa shape index (κ3) is 4.03. The van der Waals surface area contributed by atoms with Crippen LogP contribution in [0.4, 0.5) is 4.79 Å². The summed E-state index contributed by atoms with van der Waals surface area (Å²) in [5.41, 5.74) is 0. The minimum atomic E-state index is -0.291. The number of unbranched alkanes of at least 4 members (excludes halogenated alkanes) is 1. The number of nitrogens with one attached hydrogen (secondary N) is 1. The van der Waals surface area contributed by atoms with Crippen molar-refractivity contribution in [3.63, 3.8) is 0 Å². The smallest absolute Gasteiger partial charge is 0.407 e. The van der Waals surface area contributed by atoms with Gasteiger partial charge in [0, 0.05) is 17.4 Å². The molecule has 2 fully saturated rings. The van der Waals surface area contributed by atoms with E-state index < -0.39 is 0 Å². The average molecular weight is 287 g/mol. The maximum Gasteiger partial charge on any atom is 0.407 e. The summed E-state index contributed by atoms with van der Waals surface area (Å²) in [6.45, 7) is 3.71. The molecule has 1 amide bonds. The van der Waals surface area contributed by atoms with Gasteiger partial charge in [0.05, 0.1) is 12.1 Å². The molecule has 2 saturated heterocycles. The molecular formula is C13H21NO4S. The molecule has 0 bridgehead atoms. The molecule has 2 aliphatic rings. The van der Waals surface area contributed by atoms with Crippen molar-refractivity contribution < 1.29 is 19.1 Å². The summed E-state index contributed by atoms with van der Waals surface area (Å²) in [4.78, 5) is 22.5. The minimum Gasteiger partial charge on any atom is -0.463 e. The number of fused-ring (bicyclic) bond motifs is 1. The van der Waals surface area contributed by atoms with Crippen molar-refractivity contribution in [2.75, 3.05) is 5.75 Å². The summed E-state index contributed by atoms with van der Waals surface area (Å²) in [5, 5.41) is 3.19. The molecule has 0 aromatic carbocycles. The second-order valence-corrected chi connectivity index (χ2v) is 6.55. The lowest BCUT2D eigenvalue weighted by Crippen LogP contribution is -2.32. The highest BCUT2D eigenvalue weighted by molar-refractivity contribution is 8.00. The summed E-state index contributed by atoms with van der Waals surface area (Å²) in [7, 11) is 0. The van der Waals surface area contributed by atoms with Crippen molar-refractivity contribution in [3.05, 3.63) is 0 Å². The Morgan fingerprint density at radius 3 is 3.05 bits per heavy atom. The van der Waals surface area contributed by atoms with Gasteiger partial charge in [-0.05, 0) is 26.7 Å². The highest BCUT2D eigenvalue weighted by atomic mass is 32.2. The molecule has 0 spiro atoms. The van der Waals surface area contributed by atoms with Crippen molar-refractivity contribution in [3.8, 4) is 0 Å². The Labute approximate surface area is 117 Å². The monoisotopic (exact) mass is 287 g/mol. The number of thioether (sulfide) groups is 1. The average Bonchev–Trinajstić information content (AvgIpc) is 2.83. The van der Waals surface area contributed by atoms with Crippen molar-refractivity contribution in [2.24, 2.45) is 0 Å². The van der Waals surface area contributed by atoms with E-state index in [0.717, 1.165) is 25.0 Å². The Kier molecular flexibility index (Phi) is 4.96. The quantitative estimate of drug-likeness (QED) is 0.598. The first-order valence-corrected chi connectivity index (χ1v) is 7.89. The van der Waals surface area contributed by atoms with Crippen LogP contribution >= 0.6 is 11.8 Å². The first kappa shape index (κ1) is 14.5. The third-order valence-electron chi connectivity index (χ3n) is 3.29. The van der Waals surface area contributed by atoms with E-state index in [9.17, 15) is 9.59 Å².